The van der Waals surface area contributed by atoms with Crippen molar-refractivity contribution in [2.75, 3.05) is 0 Å². The highest BCUT2D eigenvalue weighted by molar-refractivity contribution is 4.71. The molecule has 0 bridgehead atoms. The van der Waals surface area contributed by atoms with Gasteiger partial charge in [0.2, 0.25) is 0 Å². The van der Waals surface area contributed by atoms with E-state index in [1.807, 2.05) is 0 Å². The minimum atomic E-state index is 0.518. The fourth-order valence-corrected chi connectivity index (χ4v) is 1.72. The number of hydrazine groups is 1. The van der Waals surface area contributed by atoms with Crippen LogP contribution in [0.2, 0.25) is 0 Å². The van der Waals surface area contributed by atoms with Gasteiger partial charge in [-0.05, 0) is 27.2 Å². The smallest absolute Gasteiger partial charge is 0.0265 e. The standard InChI is InChI=1S/C12H26N2/c1-6-8-9-10-12(5)14(11(3)4)13-7-2/h7,11-13H,2,6,8-10H2,1,3-5H3. The molecule has 0 spiro atoms. The molecule has 0 aliphatic rings. The maximum atomic E-state index is 3.71. The van der Waals surface area contributed by atoms with Crippen molar-refractivity contribution in [1.29, 1.82) is 0 Å². The summed E-state index contributed by atoms with van der Waals surface area (Å²) < 4.78 is 0. The zero-order valence-corrected chi connectivity index (χ0v) is 10.2. The van der Waals surface area contributed by atoms with E-state index in [4.69, 9.17) is 0 Å². The van der Waals surface area contributed by atoms with Crippen LogP contribution in [0, 0.1) is 0 Å². The SMILES string of the molecule is C=CNN(C(C)C)C(C)CCCCC. The molecule has 0 aliphatic carbocycles. The van der Waals surface area contributed by atoms with Crippen molar-refractivity contribution in [3.63, 3.8) is 0 Å². The van der Waals surface area contributed by atoms with Crippen LogP contribution in [0.25, 0.3) is 0 Å². The molecule has 0 aromatic carbocycles. The lowest BCUT2D eigenvalue weighted by Gasteiger charge is -2.32. The summed E-state index contributed by atoms with van der Waals surface area (Å²) in [7, 11) is 0. The Bertz CT molecular complexity index is 143. The molecular weight excluding hydrogens is 172 g/mol. The molecule has 0 radical (unpaired) electrons. The molecule has 0 fully saturated rings. The van der Waals surface area contributed by atoms with E-state index in [9.17, 15) is 0 Å². The van der Waals surface area contributed by atoms with E-state index in [-0.39, 0.29) is 0 Å². The maximum absolute atomic E-state index is 3.71. The predicted octanol–water partition coefficient (Wildman–Crippen LogP) is 3.31. The molecule has 0 aromatic heterocycles. The van der Waals surface area contributed by atoms with E-state index in [0.29, 0.717) is 12.1 Å². The Balaban J connectivity index is 3.88. The average molecular weight is 198 g/mol. The normalized spacial score (nSPS) is 13.3. The van der Waals surface area contributed by atoms with Crippen molar-refractivity contribution >= 4 is 0 Å². The van der Waals surface area contributed by atoms with Gasteiger partial charge in [0.05, 0.1) is 0 Å². The highest BCUT2D eigenvalue weighted by Gasteiger charge is 2.14. The summed E-state index contributed by atoms with van der Waals surface area (Å²) >= 11 is 0. The van der Waals surface area contributed by atoms with Gasteiger partial charge in [-0.3, -0.25) is 0 Å². The van der Waals surface area contributed by atoms with Crippen molar-refractivity contribution in [2.45, 2.75) is 65.5 Å². The van der Waals surface area contributed by atoms with Gasteiger partial charge >= 0.3 is 0 Å². The van der Waals surface area contributed by atoms with Crippen LogP contribution in [0.3, 0.4) is 0 Å². The van der Waals surface area contributed by atoms with Gasteiger partial charge in [-0.2, -0.15) is 0 Å². The van der Waals surface area contributed by atoms with Gasteiger partial charge in [0.25, 0.3) is 0 Å². The highest BCUT2D eigenvalue weighted by Crippen LogP contribution is 2.10. The molecule has 14 heavy (non-hydrogen) atoms. The van der Waals surface area contributed by atoms with Crippen LogP contribution >= 0.6 is 0 Å². The van der Waals surface area contributed by atoms with Crippen LogP contribution in [-0.2, 0) is 0 Å². The van der Waals surface area contributed by atoms with Gasteiger partial charge < -0.3 is 5.43 Å². The molecule has 0 aromatic rings. The van der Waals surface area contributed by atoms with Crippen molar-refractivity contribution in [3.8, 4) is 0 Å². The first kappa shape index (κ1) is 13.5. The summed E-state index contributed by atoms with van der Waals surface area (Å²) in [6.45, 7) is 12.6. The molecule has 84 valence electrons. The van der Waals surface area contributed by atoms with E-state index in [1.54, 1.807) is 6.20 Å². The molecule has 1 unspecified atom stereocenters. The number of nitrogens with one attached hydrogen (secondary N) is 1. The van der Waals surface area contributed by atoms with Crippen LogP contribution in [-0.4, -0.2) is 17.1 Å². The third kappa shape index (κ3) is 5.28. The van der Waals surface area contributed by atoms with Gasteiger partial charge in [0.15, 0.2) is 0 Å². The van der Waals surface area contributed by atoms with Crippen LogP contribution in [0.5, 0.6) is 0 Å². The van der Waals surface area contributed by atoms with E-state index in [0.717, 1.165) is 0 Å². The molecule has 0 aliphatic heterocycles. The second-order valence-electron chi connectivity index (χ2n) is 4.18. The van der Waals surface area contributed by atoms with Crippen LogP contribution in [0.1, 0.15) is 53.4 Å². The Morgan fingerprint density at radius 3 is 2.36 bits per heavy atom. The number of hydrogen-bond acceptors (Lipinski definition) is 2. The first-order valence-electron chi connectivity index (χ1n) is 5.78. The topological polar surface area (TPSA) is 15.3 Å². The Hall–Kier alpha value is -0.500. The van der Waals surface area contributed by atoms with Crippen molar-refractivity contribution in [1.82, 2.24) is 10.4 Å². The van der Waals surface area contributed by atoms with Crippen LogP contribution < -0.4 is 5.43 Å². The third-order valence-corrected chi connectivity index (χ3v) is 2.50. The number of rotatable bonds is 8. The summed E-state index contributed by atoms with van der Waals surface area (Å²) in [4.78, 5) is 0. The molecule has 0 amide bonds. The minimum Gasteiger partial charge on any atom is -0.326 e. The Labute approximate surface area is 89.3 Å². The van der Waals surface area contributed by atoms with E-state index < -0.39 is 0 Å². The van der Waals surface area contributed by atoms with E-state index in [1.165, 1.54) is 25.7 Å². The molecule has 2 nitrogen and oxygen atoms in total. The van der Waals surface area contributed by atoms with Gasteiger partial charge in [-0.25, -0.2) is 5.01 Å². The average Bonchev–Trinajstić information content (AvgIpc) is 2.13. The molecule has 1 N–H and O–H groups in total. The summed E-state index contributed by atoms with van der Waals surface area (Å²) in [5, 5.41) is 2.27. The monoisotopic (exact) mass is 198 g/mol. The zero-order chi connectivity index (χ0) is 11.0. The molecule has 0 saturated carbocycles. The Kier molecular flexibility index (Phi) is 7.58. The second-order valence-corrected chi connectivity index (χ2v) is 4.18. The van der Waals surface area contributed by atoms with Crippen molar-refractivity contribution < 1.29 is 0 Å². The van der Waals surface area contributed by atoms with Crippen molar-refractivity contribution in [2.24, 2.45) is 0 Å². The summed E-state index contributed by atoms with van der Waals surface area (Å²) in [5.74, 6) is 0. The molecule has 0 saturated heterocycles. The first-order chi connectivity index (χ1) is 6.63. The third-order valence-electron chi connectivity index (χ3n) is 2.50. The quantitative estimate of drug-likeness (QED) is 0.475. The van der Waals surface area contributed by atoms with Crippen molar-refractivity contribution in [3.05, 3.63) is 12.8 Å². The molecule has 1 atom stereocenters. The lowest BCUT2D eigenvalue weighted by Crippen LogP contribution is -2.46. The molecular formula is C12H26N2. The molecule has 2 heteroatoms. The van der Waals surface area contributed by atoms with Gasteiger partial charge in [0, 0.05) is 18.3 Å². The fourth-order valence-electron chi connectivity index (χ4n) is 1.72. The van der Waals surface area contributed by atoms with E-state index in [2.05, 4.69) is 44.7 Å². The fraction of sp³-hybridized carbons (Fsp3) is 0.833. The lowest BCUT2D eigenvalue weighted by atomic mass is 10.1. The number of unbranched alkanes of at least 4 members (excludes halogenated alkanes) is 2. The summed E-state index contributed by atoms with van der Waals surface area (Å²) in [5.41, 5.74) is 3.21. The molecule has 0 heterocycles. The van der Waals surface area contributed by atoms with Crippen LogP contribution in [0.4, 0.5) is 0 Å². The largest absolute Gasteiger partial charge is 0.326 e. The number of nitrogens with zero attached hydrogens (tertiary/aromatic N) is 1. The predicted molar refractivity (Wildman–Crippen MR) is 63.9 cm³/mol. The van der Waals surface area contributed by atoms with Gasteiger partial charge in [-0.1, -0.05) is 32.8 Å². The van der Waals surface area contributed by atoms with Crippen LogP contribution in [0.15, 0.2) is 12.8 Å². The highest BCUT2D eigenvalue weighted by atomic mass is 15.5. The lowest BCUT2D eigenvalue weighted by molar-refractivity contribution is 0.111. The zero-order valence-electron chi connectivity index (χ0n) is 10.2. The minimum absolute atomic E-state index is 0.518. The summed E-state index contributed by atoms with van der Waals surface area (Å²) in [6.07, 6.45) is 6.97. The number of hydrogen-bond donors (Lipinski definition) is 1. The Morgan fingerprint density at radius 2 is 1.93 bits per heavy atom. The summed E-state index contributed by atoms with van der Waals surface area (Å²) in [6, 6.07) is 1.10. The maximum Gasteiger partial charge on any atom is 0.0265 e. The van der Waals surface area contributed by atoms with E-state index >= 15 is 0 Å². The molecule has 0 rings (SSSR count). The van der Waals surface area contributed by atoms with Gasteiger partial charge in [0.1, 0.15) is 0 Å². The first-order valence-corrected chi connectivity index (χ1v) is 5.78. The van der Waals surface area contributed by atoms with Gasteiger partial charge in [-0.15, -0.1) is 0 Å². The second kappa shape index (κ2) is 7.86. The Morgan fingerprint density at radius 1 is 1.29 bits per heavy atom.